The van der Waals surface area contributed by atoms with Gasteiger partial charge in [0.1, 0.15) is 6.04 Å². The Labute approximate surface area is 131 Å². The molecule has 0 saturated carbocycles. The van der Waals surface area contributed by atoms with Crippen molar-refractivity contribution in [1.29, 1.82) is 0 Å². The Morgan fingerprint density at radius 1 is 1.26 bits per heavy atom. The number of nitrogens with two attached hydrogens (primary N) is 1. The summed E-state index contributed by atoms with van der Waals surface area (Å²) >= 11 is 0. The van der Waals surface area contributed by atoms with Crippen molar-refractivity contribution in [1.82, 2.24) is 5.32 Å². The molecule has 8 heteroatoms. The summed E-state index contributed by atoms with van der Waals surface area (Å²) in [5.41, 5.74) is 4.28. The molecule has 0 aliphatic carbocycles. The Balaban J connectivity index is 2.77. The Bertz CT molecular complexity index is 544. The minimum atomic E-state index is -4.50. The molecule has 0 aromatic heterocycles. The molecule has 1 aromatic carbocycles. The zero-order chi connectivity index (χ0) is 17.6. The zero-order valence-electron chi connectivity index (χ0n) is 12.6. The number of benzene rings is 1. The summed E-state index contributed by atoms with van der Waals surface area (Å²) < 4.78 is 37.4. The smallest absolute Gasteiger partial charge is 0.378 e. The molecule has 1 aromatic rings. The van der Waals surface area contributed by atoms with E-state index in [-0.39, 0.29) is 5.56 Å². The van der Waals surface area contributed by atoms with Gasteiger partial charge in [0.25, 0.3) is 5.91 Å². The van der Waals surface area contributed by atoms with Crippen LogP contribution in [0.5, 0.6) is 0 Å². The molecule has 2 amide bonds. The number of amides is 2. The highest BCUT2D eigenvalue weighted by Crippen LogP contribution is 2.29. The number of alkyl halides is 3. The van der Waals surface area contributed by atoms with E-state index in [0.29, 0.717) is 12.8 Å². The van der Waals surface area contributed by atoms with Crippen LogP contribution in [0.1, 0.15) is 43.4 Å². The number of aliphatic hydroxyl groups excluding tert-OH is 1. The largest absolute Gasteiger partial charge is 0.416 e. The van der Waals surface area contributed by atoms with Gasteiger partial charge in [0, 0.05) is 0 Å². The molecule has 23 heavy (non-hydrogen) atoms. The predicted octanol–water partition coefficient (Wildman–Crippen LogP) is 1.90. The number of aliphatic hydroxyl groups is 1. The summed E-state index contributed by atoms with van der Waals surface area (Å²) in [4.78, 5) is 23.2. The van der Waals surface area contributed by atoms with E-state index in [4.69, 9.17) is 5.73 Å². The predicted molar refractivity (Wildman–Crippen MR) is 77.1 cm³/mol. The molecule has 0 radical (unpaired) electrons. The molecule has 0 fully saturated rings. The number of unbranched alkanes of at least 4 members (excludes halogenated alkanes) is 1. The van der Waals surface area contributed by atoms with Gasteiger partial charge in [0.05, 0.1) is 5.56 Å². The lowest BCUT2D eigenvalue weighted by atomic mass is 10.0. The fourth-order valence-corrected chi connectivity index (χ4v) is 1.95. The average molecular weight is 332 g/mol. The van der Waals surface area contributed by atoms with E-state index in [1.165, 1.54) is 0 Å². The van der Waals surface area contributed by atoms with Gasteiger partial charge in [0.15, 0.2) is 6.10 Å². The van der Waals surface area contributed by atoms with Gasteiger partial charge in [-0.05, 0) is 24.1 Å². The molecule has 0 aliphatic heterocycles. The first-order valence-electron chi connectivity index (χ1n) is 7.11. The second-order valence-corrected chi connectivity index (χ2v) is 5.13. The van der Waals surface area contributed by atoms with Crippen LogP contribution in [0.25, 0.3) is 0 Å². The van der Waals surface area contributed by atoms with Crippen LogP contribution in [0.3, 0.4) is 0 Å². The molecule has 4 N–H and O–H groups in total. The van der Waals surface area contributed by atoms with Gasteiger partial charge in [-0.25, -0.2) is 0 Å². The lowest BCUT2D eigenvalue weighted by molar-refractivity contribution is -0.137. The molecule has 5 nitrogen and oxygen atoms in total. The van der Waals surface area contributed by atoms with Crippen molar-refractivity contribution in [2.24, 2.45) is 5.73 Å². The second kappa shape index (κ2) is 7.96. The van der Waals surface area contributed by atoms with Crippen molar-refractivity contribution >= 4 is 11.8 Å². The minimum absolute atomic E-state index is 0.00536. The number of halogens is 3. The number of rotatable bonds is 7. The maximum absolute atomic E-state index is 12.5. The first-order valence-corrected chi connectivity index (χ1v) is 7.11. The van der Waals surface area contributed by atoms with Crippen LogP contribution < -0.4 is 11.1 Å². The normalized spacial score (nSPS) is 14.1. The molecular weight excluding hydrogens is 313 g/mol. The molecule has 0 unspecified atom stereocenters. The monoisotopic (exact) mass is 332 g/mol. The van der Waals surface area contributed by atoms with E-state index >= 15 is 0 Å². The Morgan fingerprint density at radius 3 is 2.26 bits per heavy atom. The fourth-order valence-electron chi connectivity index (χ4n) is 1.95. The average Bonchev–Trinajstić information content (AvgIpc) is 2.49. The fraction of sp³-hybridized carbons (Fsp3) is 0.467. The standard InChI is InChI=1S/C15H19F3N2O3/c1-2-3-4-11(13(19)22)20-14(23)12(21)9-5-7-10(8-6-9)15(16,17)18/h5-8,11-12,21H,2-4H2,1H3,(H2,19,22)(H,20,23)/t11-,12-/m0/s1. The van der Waals surface area contributed by atoms with Gasteiger partial charge in [-0.3, -0.25) is 9.59 Å². The summed E-state index contributed by atoms with van der Waals surface area (Å²) in [6.45, 7) is 1.90. The quantitative estimate of drug-likeness (QED) is 0.712. The number of primary amides is 1. The van der Waals surface area contributed by atoms with Gasteiger partial charge in [-0.1, -0.05) is 31.9 Å². The van der Waals surface area contributed by atoms with Crippen LogP contribution >= 0.6 is 0 Å². The van der Waals surface area contributed by atoms with Gasteiger partial charge in [-0.2, -0.15) is 13.2 Å². The molecule has 0 heterocycles. The van der Waals surface area contributed by atoms with Crippen molar-refractivity contribution < 1.29 is 27.9 Å². The van der Waals surface area contributed by atoms with Gasteiger partial charge in [0.2, 0.25) is 5.91 Å². The maximum atomic E-state index is 12.5. The van der Waals surface area contributed by atoms with E-state index in [1.54, 1.807) is 0 Å². The van der Waals surface area contributed by atoms with Crippen molar-refractivity contribution in [3.63, 3.8) is 0 Å². The highest BCUT2D eigenvalue weighted by atomic mass is 19.4. The Hall–Kier alpha value is -2.09. The van der Waals surface area contributed by atoms with Crippen LogP contribution in [0.15, 0.2) is 24.3 Å². The molecule has 1 rings (SSSR count). The number of carbonyl (C=O) groups is 2. The summed E-state index contributed by atoms with van der Waals surface area (Å²) in [7, 11) is 0. The highest BCUT2D eigenvalue weighted by Gasteiger charge is 2.31. The number of carbonyl (C=O) groups excluding carboxylic acids is 2. The SMILES string of the molecule is CCCC[C@H](NC(=O)[C@@H](O)c1ccc(C(F)(F)F)cc1)C(N)=O. The van der Waals surface area contributed by atoms with Gasteiger partial charge in [-0.15, -0.1) is 0 Å². The zero-order valence-corrected chi connectivity index (χ0v) is 12.6. The first-order chi connectivity index (χ1) is 10.7. The van der Waals surface area contributed by atoms with Crippen molar-refractivity contribution in [2.75, 3.05) is 0 Å². The molecule has 128 valence electrons. The van der Waals surface area contributed by atoms with Crippen molar-refractivity contribution in [2.45, 2.75) is 44.5 Å². The van der Waals surface area contributed by atoms with Crippen LogP contribution in [-0.4, -0.2) is 23.0 Å². The Kier molecular flexibility index (Phi) is 6.56. The van der Waals surface area contributed by atoms with Crippen molar-refractivity contribution in [3.05, 3.63) is 35.4 Å². The van der Waals surface area contributed by atoms with Crippen molar-refractivity contribution in [3.8, 4) is 0 Å². The maximum Gasteiger partial charge on any atom is 0.416 e. The number of hydrogen-bond acceptors (Lipinski definition) is 3. The molecule has 2 atom stereocenters. The third kappa shape index (κ3) is 5.55. The summed E-state index contributed by atoms with van der Waals surface area (Å²) in [6, 6.07) is 2.64. The highest BCUT2D eigenvalue weighted by molar-refractivity contribution is 5.88. The van der Waals surface area contributed by atoms with Crippen LogP contribution in [0, 0.1) is 0 Å². The summed E-state index contributed by atoms with van der Waals surface area (Å²) in [5.74, 6) is -1.61. The van der Waals surface area contributed by atoms with Gasteiger partial charge < -0.3 is 16.2 Å². The lowest BCUT2D eigenvalue weighted by Crippen LogP contribution is -2.46. The second-order valence-electron chi connectivity index (χ2n) is 5.13. The first kappa shape index (κ1) is 19.0. The number of nitrogens with one attached hydrogen (secondary N) is 1. The molecular formula is C15H19F3N2O3. The lowest BCUT2D eigenvalue weighted by Gasteiger charge is -2.18. The summed E-state index contributed by atoms with van der Waals surface area (Å²) in [6.07, 6.45) is -4.40. The van der Waals surface area contributed by atoms with E-state index in [9.17, 15) is 27.9 Å². The molecule has 0 aliphatic rings. The third-order valence-corrected chi connectivity index (χ3v) is 3.31. The van der Waals surface area contributed by atoms with E-state index in [0.717, 1.165) is 30.7 Å². The van der Waals surface area contributed by atoms with E-state index < -0.39 is 35.7 Å². The van der Waals surface area contributed by atoms with Crippen LogP contribution in [0.4, 0.5) is 13.2 Å². The number of hydrogen-bond donors (Lipinski definition) is 3. The Morgan fingerprint density at radius 2 is 1.83 bits per heavy atom. The molecule has 0 spiro atoms. The van der Waals surface area contributed by atoms with Gasteiger partial charge >= 0.3 is 6.18 Å². The van der Waals surface area contributed by atoms with Crippen LogP contribution in [-0.2, 0) is 15.8 Å². The topological polar surface area (TPSA) is 92.4 Å². The third-order valence-electron chi connectivity index (χ3n) is 3.31. The molecule has 0 bridgehead atoms. The van der Waals surface area contributed by atoms with E-state index in [1.807, 2.05) is 6.92 Å². The molecule has 0 saturated heterocycles. The van der Waals surface area contributed by atoms with Crippen LogP contribution in [0.2, 0.25) is 0 Å². The minimum Gasteiger partial charge on any atom is -0.378 e. The summed E-state index contributed by atoms with van der Waals surface area (Å²) in [5, 5.41) is 12.2. The van der Waals surface area contributed by atoms with E-state index in [2.05, 4.69) is 5.32 Å².